The molecule has 0 radical (unpaired) electrons. The molecule has 0 spiro atoms. The van der Waals surface area contributed by atoms with Gasteiger partial charge < -0.3 is 9.84 Å². The summed E-state index contributed by atoms with van der Waals surface area (Å²) in [5, 5.41) is 16.6. The molecule has 0 aromatic carbocycles. The molecule has 0 aliphatic carbocycles. The van der Waals surface area contributed by atoms with Crippen molar-refractivity contribution in [3.8, 4) is 10.7 Å². The molecule has 0 saturated carbocycles. The van der Waals surface area contributed by atoms with Crippen LogP contribution in [0.2, 0.25) is 0 Å². The Hall–Kier alpha value is -1.55. The summed E-state index contributed by atoms with van der Waals surface area (Å²) in [5.74, 6) is 0.485. The number of methoxy groups -OCH3 is 1. The normalized spacial score (nSPS) is 21.3. The second-order valence-electron chi connectivity index (χ2n) is 5.67. The lowest BCUT2D eigenvalue weighted by molar-refractivity contribution is -0.146. The van der Waals surface area contributed by atoms with Crippen molar-refractivity contribution < 1.29 is 14.6 Å². The lowest BCUT2D eigenvalue weighted by Gasteiger charge is -2.21. The first kappa shape index (κ1) is 17.3. The molecule has 1 fully saturated rings. The highest BCUT2D eigenvalue weighted by atomic mass is 32.1. The number of ether oxygens (including phenoxy) is 1. The van der Waals surface area contributed by atoms with Gasteiger partial charge in [-0.2, -0.15) is 0 Å². The van der Waals surface area contributed by atoms with E-state index >= 15 is 0 Å². The molecule has 0 unspecified atom stereocenters. The highest BCUT2D eigenvalue weighted by Crippen LogP contribution is 2.25. The Kier molecular flexibility index (Phi) is 5.14. The largest absolute Gasteiger partial charge is 0.468 e. The van der Waals surface area contributed by atoms with E-state index in [1.807, 2.05) is 33.9 Å². The number of likely N-dealkylation sites (tertiary alicyclic amines) is 1. The third-order valence-electron chi connectivity index (χ3n) is 4.15. The SMILES string of the molecule is CCn1c(-c2cccs2)nn(CN2C[C@H](O)C[C@H]2C(=O)OC)c1=S. The zero-order chi connectivity index (χ0) is 17.3. The van der Waals surface area contributed by atoms with E-state index in [-0.39, 0.29) is 5.97 Å². The fraction of sp³-hybridized carbons (Fsp3) is 0.533. The summed E-state index contributed by atoms with van der Waals surface area (Å²) in [6.07, 6.45) is -0.181. The first-order valence-corrected chi connectivity index (χ1v) is 9.05. The smallest absolute Gasteiger partial charge is 0.323 e. The number of carbonyl (C=O) groups excluding carboxylic acids is 1. The quantitative estimate of drug-likeness (QED) is 0.640. The Bertz CT molecular complexity index is 768. The van der Waals surface area contributed by atoms with Crippen molar-refractivity contribution in [3.05, 3.63) is 22.3 Å². The number of hydrogen-bond acceptors (Lipinski definition) is 7. The Morgan fingerprint density at radius 2 is 2.38 bits per heavy atom. The van der Waals surface area contributed by atoms with Gasteiger partial charge in [0.05, 0.1) is 24.8 Å². The predicted octanol–water partition coefficient (Wildman–Crippen LogP) is 1.73. The Labute approximate surface area is 149 Å². The zero-order valence-electron chi connectivity index (χ0n) is 13.6. The average molecular weight is 368 g/mol. The van der Waals surface area contributed by atoms with Gasteiger partial charge >= 0.3 is 5.97 Å². The predicted molar refractivity (Wildman–Crippen MR) is 93.2 cm³/mol. The topological polar surface area (TPSA) is 72.5 Å². The van der Waals surface area contributed by atoms with Gasteiger partial charge in [0.25, 0.3) is 0 Å². The van der Waals surface area contributed by atoms with Gasteiger partial charge in [0.1, 0.15) is 6.04 Å². The summed E-state index contributed by atoms with van der Waals surface area (Å²) in [6.45, 7) is 3.49. The molecule has 1 aliphatic rings. The minimum absolute atomic E-state index is 0.341. The molecule has 3 heterocycles. The molecule has 1 N–H and O–H groups in total. The number of aromatic nitrogens is 3. The van der Waals surface area contributed by atoms with Crippen LogP contribution >= 0.6 is 23.6 Å². The Morgan fingerprint density at radius 1 is 1.58 bits per heavy atom. The van der Waals surface area contributed by atoms with Gasteiger partial charge in [0.2, 0.25) is 0 Å². The van der Waals surface area contributed by atoms with Gasteiger partial charge in [-0.15, -0.1) is 16.4 Å². The maximum Gasteiger partial charge on any atom is 0.323 e. The number of esters is 1. The van der Waals surface area contributed by atoms with E-state index in [1.54, 1.807) is 16.0 Å². The van der Waals surface area contributed by atoms with Crippen LogP contribution in [0.4, 0.5) is 0 Å². The van der Waals surface area contributed by atoms with Gasteiger partial charge in [-0.1, -0.05) is 6.07 Å². The van der Waals surface area contributed by atoms with Crippen LogP contribution in [-0.4, -0.2) is 56.1 Å². The van der Waals surface area contributed by atoms with Crippen molar-refractivity contribution in [2.24, 2.45) is 0 Å². The van der Waals surface area contributed by atoms with Crippen molar-refractivity contribution in [3.63, 3.8) is 0 Å². The second-order valence-corrected chi connectivity index (χ2v) is 6.98. The zero-order valence-corrected chi connectivity index (χ0v) is 15.2. The van der Waals surface area contributed by atoms with Gasteiger partial charge in [0, 0.05) is 19.5 Å². The molecule has 2 aromatic heterocycles. The number of rotatable bonds is 5. The standard InChI is InChI=1S/C15H20N4O3S2/c1-3-18-13(12-5-4-6-24-12)16-19(15(18)23)9-17-8-10(20)7-11(17)14(21)22-2/h4-6,10-11,20H,3,7-9H2,1-2H3/t10-,11+/m1/s1. The Morgan fingerprint density at radius 3 is 3.00 bits per heavy atom. The van der Waals surface area contributed by atoms with Crippen molar-refractivity contribution in [1.82, 2.24) is 19.2 Å². The van der Waals surface area contributed by atoms with Crippen LogP contribution in [-0.2, 0) is 22.7 Å². The summed E-state index contributed by atoms with van der Waals surface area (Å²) in [5.41, 5.74) is 0. The number of aliphatic hydroxyl groups is 1. The van der Waals surface area contributed by atoms with Crippen molar-refractivity contribution in [2.75, 3.05) is 13.7 Å². The maximum atomic E-state index is 11.9. The van der Waals surface area contributed by atoms with Crippen LogP contribution in [0.25, 0.3) is 10.7 Å². The van der Waals surface area contributed by atoms with Crippen LogP contribution < -0.4 is 0 Å². The highest BCUT2D eigenvalue weighted by Gasteiger charge is 2.37. The number of β-amino-alcohol motifs (C(OH)–C–C–N with tert-alkyl or cyclic N) is 1. The third-order valence-corrected chi connectivity index (χ3v) is 5.45. The first-order chi connectivity index (χ1) is 11.5. The fourth-order valence-electron chi connectivity index (χ4n) is 3.00. The maximum absolute atomic E-state index is 11.9. The van der Waals surface area contributed by atoms with Crippen LogP contribution in [0.3, 0.4) is 0 Å². The van der Waals surface area contributed by atoms with Crippen LogP contribution in [0, 0.1) is 4.77 Å². The molecular formula is C15H20N4O3S2. The van der Waals surface area contributed by atoms with E-state index in [9.17, 15) is 9.90 Å². The van der Waals surface area contributed by atoms with Crippen molar-refractivity contribution in [2.45, 2.75) is 38.7 Å². The minimum Gasteiger partial charge on any atom is -0.468 e. The van der Waals surface area contributed by atoms with E-state index in [0.717, 1.165) is 17.2 Å². The highest BCUT2D eigenvalue weighted by molar-refractivity contribution is 7.71. The number of nitrogens with zero attached hydrogens (tertiary/aromatic N) is 4. The summed E-state index contributed by atoms with van der Waals surface area (Å²) < 4.78 is 9.12. The van der Waals surface area contributed by atoms with Crippen LogP contribution in [0.15, 0.2) is 17.5 Å². The monoisotopic (exact) mass is 368 g/mol. The summed E-state index contributed by atoms with van der Waals surface area (Å²) >= 11 is 7.15. The number of aliphatic hydroxyl groups excluding tert-OH is 1. The Balaban J connectivity index is 1.90. The van der Waals surface area contributed by atoms with E-state index in [0.29, 0.717) is 24.4 Å². The van der Waals surface area contributed by atoms with E-state index < -0.39 is 12.1 Å². The molecular weight excluding hydrogens is 348 g/mol. The summed E-state index contributed by atoms with van der Waals surface area (Å²) in [7, 11) is 1.36. The number of hydrogen-bond donors (Lipinski definition) is 1. The average Bonchev–Trinajstić information content (AvgIpc) is 3.27. The van der Waals surface area contributed by atoms with Crippen molar-refractivity contribution >= 4 is 29.5 Å². The number of thiophene rings is 1. The molecule has 1 saturated heterocycles. The molecule has 2 atom stereocenters. The lowest BCUT2D eigenvalue weighted by Crippen LogP contribution is -2.38. The van der Waals surface area contributed by atoms with E-state index in [4.69, 9.17) is 17.0 Å². The van der Waals surface area contributed by atoms with Gasteiger partial charge in [-0.25, -0.2) is 4.68 Å². The fourth-order valence-corrected chi connectivity index (χ4v) is 4.03. The molecule has 1 aliphatic heterocycles. The summed E-state index contributed by atoms with van der Waals surface area (Å²) in [6, 6.07) is 3.52. The molecule has 3 rings (SSSR count). The third kappa shape index (κ3) is 3.16. The number of carbonyl (C=O) groups is 1. The van der Waals surface area contributed by atoms with Gasteiger partial charge in [-0.05, 0) is 30.6 Å². The second kappa shape index (κ2) is 7.14. The van der Waals surface area contributed by atoms with Gasteiger partial charge in [-0.3, -0.25) is 14.3 Å². The molecule has 130 valence electrons. The molecule has 7 nitrogen and oxygen atoms in total. The molecule has 2 aromatic rings. The molecule has 0 bridgehead atoms. The van der Waals surface area contributed by atoms with Crippen molar-refractivity contribution in [1.29, 1.82) is 0 Å². The van der Waals surface area contributed by atoms with E-state index in [1.165, 1.54) is 7.11 Å². The molecule has 0 amide bonds. The van der Waals surface area contributed by atoms with Crippen LogP contribution in [0.5, 0.6) is 0 Å². The lowest BCUT2D eigenvalue weighted by atomic mass is 10.2. The first-order valence-electron chi connectivity index (χ1n) is 7.76. The molecule has 24 heavy (non-hydrogen) atoms. The van der Waals surface area contributed by atoms with E-state index in [2.05, 4.69) is 5.10 Å². The van der Waals surface area contributed by atoms with Crippen LogP contribution in [0.1, 0.15) is 13.3 Å². The summed E-state index contributed by atoms with van der Waals surface area (Å²) in [4.78, 5) is 14.8. The molecule has 9 heteroatoms. The minimum atomic E-state index is -0.548. The van der Waals surface area contributed by atoms with Gasteiger partial charge in [0.15, 0.2) is 10.6 Å².